The maximum atomic E-state index is 14.1. The van der Waals surface area contributed by atoms with Gasteiger partial charge in [0.25, 0.3) is 0 Å². The number of rotatable bonds is 16. The Morgan fingerprint density at radius 3 is 2.53 bits per heavy atom. The Labute approximate surface area is 272 Å². The van der Waals surface area contributed by atoms with Crippen LogP contribution >= 0.6 is 7.75 Å². The number of hydrogen-bond donors (Lipinski definition) is 3. The van der Waals surface area contributed by atoms with Gasteiger partial charge >= 0.3 is 19.7 Å². The number of ether oxygens (including phenoxy) is 4. The molecule has 3 heterocycles. The molecule has 3 aromatic rings. The van der Waals surface area contributed by atoms with Crippen molar-refractivity contribution in [2.45, 2.75) is 84.1 Å². The molecule has 0 amide bonds. The average Bonchev–Trinajstić information content (AvgIpc) is 3.52. The molecule has 1 fully saturated rings. The first-order chi connectivity index (χ1) is 22.3. The molecule has 1 aliphatic heterocycles. The van der Waals surface area contributed by atoms with Crippen molar-refractivity contribution in [3.8, 4) is 5.88 Å². The van der Waals surface area contributed by atoms with Gasteiger partial charge < -0.3 is 29.2 Å². The van der Waals surface area contributed by atoms with Crippen LogP contribution in [-0.4, -0.2) is 98.1 Å². The van der Waals surface area contributed by atoms with Gasteiger partial charge in [0.2, 0.25) is 5.88 Å². The van der Waals surface area contributed by atoms with Gasteiger partial charge in [0.1, 0.15) is 29.7 Å². The van der Waals surface area contributed by atoms with E-state index in [0.717, 1.165) is 5.56 Å². The third kappa shape index (κ3) is 8.90. The topological polar surface area (TPSA) is 203 Å². The predicted molar refractivity (Wildman–Crippen MR) is 166 cm³/mol. The number of hydrogen-bond acceptors (Lipinski definition) is 14. The summed E-state index contributed by atoms with van der Waals surface area (Å²) in [4.78, 5) is 38.3. The van der Waals surface area contributed by atoms with Gasteiger partial charge in [-0.1, -0.05) is 30.3 Å². The van der Waals surface area contributed by atoms with E-state index in [1.807, 2.05) is 6.07 Å². The summed E-state index contributed by atoms with van der Waals surface area (Å²) in [6.45, 7) is 8.78. The Hall–Kier alpha value is -3.50. The number of esters is 2. The standard InChI is InChI=1S/C30H42N5O11P/c1-7-41-23(36)16-44-47(40,34-21(28(38)45-18(3)4)14-20-12-10-9-11-13-20)43-15-22-25(37)30(6,39)29(46-22)35-17-31-24-26(35)32-19(5)33-27(24)42-8-2/h9-13,17-18,21-22,25,29,37,39H,7-8,14-16H2,1-6H3,(H,34,40)/t21-,22+,25?,29+,30-,47?/m0/s1. The molecule has 0 spiro atoms. The fourth-order valence-electron chi connectivity index (χ4n) is 4.94. The summed E-state index contributed by atoms with van der Waals surface area (Å²) in [7, 11) is -4.53. The van der Waals surface area contributed by atoms with Crippen LogP contribution in [0.2, 0.25) is 0 Å². The highest BCUT2D eigenvalue weighted by atomic mass is 31.2. The highest BCUT2D eigenvalue weighted by molar-refractivity contribution is 7.51. The van der Waals surface area contributed by atoms with E-state index in [4.69, 9.17) is 28.0 Å². The number of carbonyl (C=O) groups excluding carboxylic acids is 2. The van der Waals surface area contributed by atoms with E-state index in [9.17, 15) is 24.4 Å². The zero-order valence-electron chi connectivity index (χ0n) is 27.2. The molecule has 3 N–H and O–H groups in total. The van der Waals surface area contributed by atoms with Gasteiger partial charge in [-0.2, -0.15) is 4.98 Å². The molecule has 4 rings (SSSR count). The van der Waals surface area contributed by atoms with Crippen molar-refractivity contribution in [1.29, 1.82) is 0 Å². The van der Waals surface area contributed by atoms with E-state index in [1.165, 1.54) is 17.8 Å². The molecule has 16 nitrogen and oxygen atoms in total. The SMILES string of the molecule is CCOC(=O)COP(=O)(N[C@@H](Cc1ccccc1)C(=O)OC(C)C)OC[C@H]1O[C@@H](n2cnc3c(OCC)nc(C)nc32)[C@@](C)(O)C1O. The van der Waals surface area contributed by atoms with Crippen LogP contribution < -0.4 is 9.82 Å². The lowest BCUT2D eigenvalue weighted by atomic mass is 9.96. The first-order valence-corrected chi connectivity index (χ1v) is 16.8. The largest absolute Gasteiger partial charge is 0.476 e. The number of aliphatic hydroxyl groups is 2. The fraction of sp³-hybridized carbons (Fsp3) is 0.567. The number of aliphatic hydroxyl groups excluding tert-OH is 1. The summed E-state index contributed by atoms with van der Waals surface area (Å²) in [6, 6.07) is 7.70. The zero-order chi connectivity index (χ0) is 34.4. The van der Waals surface area contributed by atoms with Crippen molar-refractivity contribution in [2.75, 3.05) is 26.4 Å². The summed E-state index contributed by atoms with van der Waals surface area (Å²) >= 11 is 0. The third-order valence-electron chi connectivity index (χ3n) is 7.09. The average molecular weight is 680 g/mol. The lowest BCUT2D eigenvalue weighted by molar-refractivity contribution is -0.149. The first kappa shape index (κ1) is 36.3. The summed E-state index contributed by atoms with van der Waals surface area (Å²) < 4.78 is 48.6. The van der Waals surface area contributed by atoms with Crippen LogP contribution in [0.15, 0.2) is 36.7 Å². The summed E-state index contributed by atoms with van der Waals surface area (Å²) in [5.74, 6) is -0.923. The summed E-state index contributed by atoms with van der Waals surface area (Å²) in [6.07, 6.45) is -3.12. The van der Waals surface area contributed by atoms with Crippen LogP contribution in [-0.2, 0) is 43.8 Å². The molecule has 2 aromatic heterocycles. The molecule has 0 radical (unpaired) electrons. The minimum absolute atomic E-state index is 0.0422. The number of imidazole rings is 1. The van der Waals surface area contributed by atoms with Crippen molar-refractivity contribution in [3.05, 3.63) is 48.0 Å². The molecule has 2 unspecified atom stereocenters. The molecular weight excluding hydrogens is 637 g/mol. The number of carbonyl (C=O) groups is 2. The van der Waals surface area contributed by atoms with Crippen molar-refractivity contribution >= 4 is 30.8 Å². The van der Waals surface area contributed by atoms with Crippen LogP contribution in [0.1, 0.15) is 52.2 Å². The normalized spacial score (nSPS) is 23.0. The van der Waals surface area contributed by atoms with E-state index in [1.54, 1.807) is 58.9 Å². The Morgan fingerprint density at radius 1 is 1.15 bits per heavy atom. The second-order valence-corrected chi connectivity index (χ2v) is 13.0. The molecule has 1 aromatic carbocycles. The lowest BCUT2D eigenvalue weighted by Crippen LogP contribution is -2.44. The van der Waals surface area contributed by atoms with E-state index in [-0.39, 0.29) is 24.6 Å². The molecule has 258 valence electrons. The fourth-order valence-corrected chi connectivity index (χ4v) is 6.36. The minimum Gasteiger partial charge on any atom is -0.476 e. The number of fused-ring (bicyclic) bond motifs is 1. The van der Waals surface area contributed by atoms with Crippen LogP contribution in [0.25, 0.3) is 11.2 Å². The maximum Gasteiger partial charge on any atom is 0.406 e. The van der Waals surface area contributed by atoms with Crippen LogP contribution in [0.5, 0.6) is 5.88 Å². The van der Waals surface area contributed by atoms with Gasteiger partial charge in [-0.15, -0.1) is 0 Å². The summed E-state index contributed by atoms with van der Waals surface area (Å²) in [5.41, 5.74) is -0.579. The quantitative estimate of drug-likeness (QED) is 0.147. The molecule has 1 saturated heterocycles. The van der Waals surface area contributed by atoms with Crippen molar-refractivity contribution in [2.24, 2.45) is 0 Å². The predicted octanol–water partition coefficient (Wildman–Crippen LogP) is 2.40. The highest BCUT2D eigenvalue weighted by Gasteiger charge is 2.54. The van der Waals surface area contributed by atoms with Crippen molar-refractivity contribution < 1.29 is 52.4 Å². The third-order valence-corrected chi connectivity index (χ3v) is 8.67. The molecular formula is C30H42N5O11P. The Bertz CT molecular complexity index is 1570. The van der Waals surface area contributed by atoms with Gasteiger partial charge in [-0.25, -0.2) is 24.4 Å². The second-order valence-electron chi connectivity index (χ2n) is 11.3. The van der Waals surface area contributed by atoms with E-state index < -0.39 is 69.1 Å². The monoisotopic (exact) mass is 679 g/mol. The molecule has 47 heavy (non-hydrogen) atoms. The number of nitrogens with zero attached hydrogens (tertiary/aromatic N) is 4. The molecule has 0 aliphatic carbocycles. The first-order valence-electron chi connectivity index (χ1n) is 15.2. The van der Waals surface area contributed by atoms with Gasteiger partial charge in [0, 0.05) is 0 Å². The molecule has 17 heteroatoms. The molecule has 1 aliphatic rings. The number of aromatic nitrogens is 4. The molecule has 6 atom stereocenters. The lowest BCUT2D eigenvalue weighted by Gasteiger charge is -2.27. The zero-order valence-corrected chi connectivity index (χ0v) is 28.1. The van der Waals surface area contributed by atoms with Crippen LogP contribution in [0, 0.1) is 6.92 Å². The van der Waals surface area contributed by atoms with Gasteiger partial charge in [-0.3, -0.25) is 18.4 Å². The van der Waals surface area contributed by atoms with Crippen molar-refractivity contribution in [1.82, 2.24) is 24.6 Å². The van der Waals surface area contributed by atoms with E-state index >= 15 is 0 Å². The van der Waals surface area contributed by atoms with E-state index in [2.05, 4.69) is 20.0 Å². The maximum absolute atomic E-state index is 14.1. The summed E-state index contributed by atoms with van der Waals surface area (Å²) in [5, 5.41) is 25.2. The van der Waals surface area contributed by atoms with Gasteiger partial charge in [0.05, 0.1) is 32.3 Å². The van der Waals surface area contributed by atoms with Gasteiger partial charge in [0.15, 0.2) is 24.0 Å². The number of aryl methyl sites for hydroxylation is 1. The molecule has 0 saturated carbocycles. The smallest absolute Gasteiger partial charge is 0.406 e. The van der Waals surface area contributed by atoms with E-state index in [0.29, 0.717) is 17.9 Å². The van der Waals surface area contributed by atoms with Gasteiger partial charge in [-0.05, 0) is 53.5 Å². The van der Waals surface area contributed by atoms with Crippen LogP contribution in [0.4, 0.5) is 0 Å². The number of benzene rings is 1. The second kappa shape index (κ2) is 15.6. The Balaban J connectivity index is 1.59. The number of nitrogens with one attached hydrogen (secondary N) is 1. The Kier molecular flexibility index (Phi) is 12.1. The van der Waals surface area contributed by atoms with Crippen molar-refractivity contribution in [3.63, 3.8) is 0 Å². The minimum atomic E-state index is -4.53. The molecule has 0 bridgehead atoms. The van der Waals surface area contributed by atoms with Crippen LogP contribution in [0.3, 0.4) is 0 Å². The highest BCUT2D eigenvalue weighted by Crippen LogP contribution is 2.47. The Morgan fingerprint density at radius 2 is 1.87 bits per heavy atom.